The third-order valence-corrected chi connectivity index (χ3v) is 1.61. The molecule has 0 bridgehead atoms. The van der Waals surface area contributed by atoms with Gasteiger partial charge < -0.3 is 0 Å². The number of hydrogen-bond acceptors (Lipinski definition) is 1. The summed E-state index contributed by atoms with van der Waals surface area (Å²) in [6, 6.07) is 1.93. The zero-order valence-electron chi connectivity index (χ0n) is 9.09. The maximum Gasteiger partial charge on any atom is 0.0985 e. The van der Waals surface area contributed by atoms with Crippen LogP contribution in [0.15, 0.2) is 72.9 Å². The highest BCUT2D eigenvalue weighted by Gasteiger charge is 1.91. The van der Waals surface area contributed by atoms with E-state index >= 15 is 0 Å². The minimum Gasteiger partial charge on any atom is -0.192 e. The summed E-state index contributed by atoms with van der Waals surface area (Å²) < 4.78 is 0. The Bertz CT molecular complexity index is 398. The summed E-state index contributed by atoms with van der Waals surface area (Å²) in [4.78, 5) is 0. The lowest BCUT2D eigenvalue weighted by molar-refractivity contribution is 1.49. The van der Waals surface area contributed by atoms with Crippen LogP contribution in [-0.4, -0.2) is 0 Å². The Kier molecular flexibility index (Phi) is 5.51. The molecular weight excluding hydrogens is 182 g/mol. The lowest BCUT2D eigenvalue weighted by Gasteiger charge is -1.98. The molecule has 1 nitrogen and oxygen atoms in total. The summed E-state index contributed by atoms with van der Waals surface area (Å²) in [6.45, 7) is 16.8. The molecule has 0 aromatic heterocycles. The highest BCUT2D eigenvalue weighted by atomic mass is 14.2. The zero-order valence-corrected chi connectivity index (χ0v) is 9.09. The molecule has 0 fully saturated rings. The van der Waals surface area contributed by atoms with Crippen molar-refractivity contribution in [2.24, 2.45) is 0 Å². The second-order valence-corrected chi connectivity index (χ2v) is 3.20. The molecule has 0 heterocycles. The van der Waals surface area contributed by atoms with Gasteiger partial charge in [-0.25, -0.2) is 0 Å². The predicted molar refractivity (Wildman–Crippen MR) is 66.1 cm³/mol. The van der Waals surface area contributed by atoms with E-state index in [4.69, 9.17) is 5.26 Å². The van der Waals surface area contributed by atoms with Gasteiger partial charge >= 0.3 is 0 Å². The molecule has 0 aliphatic heterocycles. The first kappa shape index (κ1) is 12.9. The first-order valence-electron chi connectivity index (χ1n) is 4.46. The van der Waals surface area contributed by atoms with Crippen LogP contribution in [0.2, 0.25) is 0 Å². The summed E-state index contributed by atoms with van der Waals surface area (Å²) >= 11 is 0. The number of nitrogens with zero attached hydrogens (tertiary/aromatic N) is 1. The average Bonchev–Trinajstić information content (AvgIpc) is 2.21. The van der Waals surface area contributed by atoms with E-state index in [1.807, 2.05) is 25.1 Å². The number of rotatable bonds is 5. The first-order valence-corrected chi connectivity index (χ1v) is 4.46. The van der Waals surface area contributed by atoms with E-state index in [0.717, 1.165) is 16.7 Å². The summed E-state index contributed by atoms with van der Waals surface area (Å²) in [6.07, 6.45) is 7.03. The van der Waals surface area contributed by atoms with Crippen LogP contribution in [-0.2, 0) is 0 Å². The highest BCUT2D eigenvalue weighted by Crippen LogP contribution is 2.10. The molecule has 0 atom stereocenters. The van der Waals surface area contributed by atoms with E-state index in [9.17, 15) is 0 Å². The highest BCUT2D eigenvalue weighted by molar-refractivity contribution is 5.46. The standard InChI is InChI=1S/C14H15N/c1-11(2)6-8-13(4)14(5)9-7-12(3)10-15/h6-9H,1,3-5H2,2H3/b8-6-,9-7-. The second kappa shape index (κ2) is 6.39. The van der Waals surface area contributed by atoms with E-state index in [1.54, 1.807) is 12.2 Å². The van der Waals surface area contributed by atoms with Crippen molar-refractivity contribution in [3.8, 4) is 6.07 Å². The Morgan fingerprint density at radius 2 is 1.40 bits per heavy atom. The van der Waals surface area contributed by atoms with E-state index in [2.05, 4.69) is 26.3 Å². The fraction of sp³-hybridized carbons (Fsp3) is 0.0714. The molecule has 0 aliphatic carbocycles. The normalized spacial score (nSPS) is 10.1. The van der Waals surface area contributed by atoms with Crippen molar-refractivity contribution in [2.45, 2.75) is 6.92 Å². The fourth-order valence-electron chi connectivity index (χ4n) is 0.695. The molecular formula is C14H15N. The van der Waals surface area contributed by atoms with Gasteiger partial charge in [-0.2, -0.15) is 5.26 Å². The van der Waals surface area contributed by atoms with Gasteiger partial charge in [0, 0.05) is 5.57 Å². The Balaban J connectivity index is 4.43. The SMILES string of the molecule is C=C(C)/C=C\C(=C)C(=C)/C=C\C(=C)C#N. The van der Waals surface area contributed by atoms with Gasteiger partial charge in [-0.15, -0.1) is 0 Å². The van der Waals surface area contributed by atoms with Crippen LogP contribution in [0.3, 0.4) is 0 Å². The Hall–Kier alpha value is -2.07. The molecule has 0 radical (unpaired) electrons. The largest absolute Gasteiger partial charge is 0.192 e. The smallest absolute Gasteiger partial charge is 0.0985 e. The maximum atomic E-state index is 8.48. The third kappa shape index (κ3) is 6.06. The van der Waals surface area contributed by atoms with Crippen molar-refractivity contribution in [2.75, 3.05) is 0 Å². The lowest BCUT2D eigenvalue weighted by atomic mass is 10.1. The quantitative estimate of drug-likeness (QED) is 0.485. The number of allylic oxidation sites excluding steroid dienone is 8. The number of nitriles is 1. The zero-order chi connectivity index (χ0) is 11.8. The molecule has 15 heavy (non-hydrogen) atoms. The minimum absolute atomic E-state index is 0.396. The van der Waals surface area contributed by atoms with Crippen LogP contribution in [0, 0.1) is 11.3 Å². The molecule has 0 rings (SSSR count). The van der Waals surface area contributed by atoms with Gasteiger partial charge in [0.1, 0.15) is 0 Å². The van der Waals surface area contributed by atoms with Gasteiger partial charge in [0.05, 0.1) is 6.07 Å². The third-order valence-electron chi connectivity index (χ3n) is 1.61. The van der Waals surface area contributed by atoms with Gasteiger partial charge in [-0.05, 0) is 24.1 Å². The molecule has 76 valence electrons. The summed E-state index contributed by atoms with van der Waals surface area (Å²) in [5, 5.41) is 8.48. The Morgan fingerprint density at radius 1 is 0.933 bits per heavy atom. The molecule has 0 aliphatic rings. The topological polar surface area (TPSA) is 23.8 Å². The lowest BCUT2D eigenvalue weighted by Crippen LogP contribution is -1.79. The van der Waals surface area contributed by atoms with Crippen LogP contribution in [0.5, 0.6) is 0 Å². The molecule has 1 heteroatoms. The molecule has 0 N–H and O–H groups in total. The van der Waals surface area contributed by atoms with E-state index in [-0.39, 0.29) is 0 Å². The van der Waals surface area contributed by atoms with Crippen molar-refractivity contribution in [1.82, 2.24) is 0 Å². The van der Waals surface area contributed by atoms with Crippen molar-refractivity contribution < 1.29 is 0 Å². The molecule has 0 amide bonds. The van der Waals surface area contributed by atoms with E-state index < -0.39 is 0 Å². The van der Waals surface area contributed by atoms with Crippen LogP contribution in [0.4, 0.5) is 0 Å². The van der Waals surface area contributed by atoms with Crippen LogP contribution in [0.25, 0.3) is 0 Å². The Labute approximate surface area is 91.7 Å². The molecule has 0 unspecified atom stereocenters. The molecule has 0 saturated heterocycles. The van der Waals surface area contributed by atoms with Crippen molar-refractivity contribution in [3.63, 3.8) is 0 Å². The van der Waals surface area contributed by atoms with Gasteiger partial charge in [-0.1, -0.05) is 50.1 Å². The van der Waals surface area contributed by atoms with Crippen molar-refractivity contribution in [3.05, 3.63) is 72.9 Å². The van der Waals surface area contributed by atoms with Gasteiger partial charge in [0.15, 0.2) is 0 Å². The fourth-order valence-corrected chi connectivity index (χ4v) is 0.695. The molecule has 0 aromatic carbocycles. The predicted octanol–water partition coefficient (Wildman–Crippen LogP) is 3.87. The average molecular weight is 197 g/mol. The van der Waals surface area contributed by atoms with Crippen LogP contribution >= 0.6 is 0 Å². The maximum absolute atomic E-state index is 8.48. The summed E-state index contributed by atoms with van der Waals surface area (Å²) in [5.74, 6) is 0. The van der Waals surface area contributed by atoms with Crippen LogP contribution in [0.1, 0.15) is 6.92 Å². The Morgan fingerprint density at radius 3 is 1.80 bits per heavy atom. The monoisotopic (exact) mass is 197 g/mol. The number of hydrogen-bond donors (Lipinski definition) is 0. The van der Waals surface area contributed by atoms with Gasteiger partial charge in [0.25, 0.3) is 0 Å². The first-order chi connectivity index (χ1) is 6.97. The summed E-state index contributed by atoms with van der Waals surface area (Å²) in [7, 11) is 0. The molecule has 0 saturated carbocycles. The van der Waals surface area contributed by atoms with Crippen molar-refractivity contribution >= 4 is 0 Å². The van der Waals surface area contributed by atoms with E-state index in [0.29, 0.717) is 5.57 Å². The van der Waals surface area contributed by atoms with Gasteiger partial charge in [0.2, 0.25) is 0 Å². The second-order valence-electron chi connectivity index (χ2n) is 3.20. The van der Waals surface area contributed by atoms with E-state index in [1.165, 1.54) is 0 Å². The van der Waals surface area contributed by atoms with Gasteiger partial charge in [-0.3, -0.25) is 0 Å². The molecule has 0 spiro atoms. The van der Waals surface area contributed by atoms with Crippen molar-refractivity contribution in [1.29, 1.82) is 5.26 Å². The molecule has 0 aromatic rings. The minimum atomic E-state index is 0.396. The van der Waals surface area contributed by atoms with Crippen LogP contribution < -0.4 is 0 Å². The summed E-state index contributed by atoms with van der Waals surface area (Å²) in [5.41, 5.74) is 2.89.